The van der Waals surface area contributed by atoms with E-state index in [1.54, 1.807) is 0 Å². The molecule has 0 aromatic heterocycles. The van der Waals surface area contributed by atoms with Gasteiger partial charge in [-0.3, -0.25) is 0 Å². The average Bonchev–Trinajstić information content (AvgIpc) is 2.38. The molecule has 1 aliphatic heterocycles. The van der Waals surface area contributed by atoms with Crippen LogP contribution in [0.2, 0.25) is 0 Å². The molecular weight excluding hydrogens is 224 g/mol. The first-order chi connectivity index (χ1) is 8.69. The second kappa shape index (κ2) is 4.38. The Morgan fingerprint density at radius 3 is 2.78 bits per heavy atom. The summed E-state index contributed by atoms with van der Waals surface area (Å²) in [5.41, 5.74) is 0.803. The highest BCUT2D eigenvalue weighted by atomic mass is 16.5. The van der Waals surface area contributed by atoms with Crippen LogP contribution in [0.4, 0.5) is 0 Å². The first-order valence-electron chi connectivity index (χ1n) is 6.49. The van der Waals surface area contributed by atoms with Gasteiger partial charge in [0.1, 0.15) is 0 Å². The zero-order valence-corrected chi connectivity index (χ0v) is 10.6. The lowest BCUT2D eigenvalue weighted by molar-refractivity contribution is -0.111. The van der Waals surface area contributed by atoms with Crippen molar-refractivity contribution in [1.82, 2.24) is 0 Å². The first-order valence-corrected chi connectivity index (χ1v) is 6.49. The Labute approximate surface area is 107 Å². The Bertz CT molecular complexity index is 559. The van der Waals surface area contributed by atoms with E-state index in [1.165, 1.54) is 16.3 Å². The van der Waals surface area contributed by atoms with E-state index in [9.17, 15) is 5.11 Å². The van der Waals surface area contributed by atoms with Crippen LogP contribution in [0.3, 0.4) is 0 Å². The molecule has 2 aromatic carbocycles. The maximum atomic E-state index is 9.90. The molecule has 0 spiro atoms. The van der Waals surface area contributed by atoms with E-state index >= 15 is 0 Å². The second-order valence-corrected chi connectivity index (χ2v) is 5.25. The number of hydrogen-bond donors (Lipinski definition) is 1. The van der Waals surface area contributed by atoms with Crippen LogP contribution in [-0.2, 0) is 10.3 Å². The number of aliphatic hydroxyl groups excluding tert-OH is 1. The van der Waals surface area contributed by atoms with Crippen LogP contribution < -0.4 is 0 Å². The van der Waals surface area contributed by atoms with Gasteiger partial charge in [-0.25, -0.2) is 0 Å². The summed E-state index contributed by atoms with van der Waals surface area (Å²) in [5, 5.41) is 12.3. The molecule has 1 N–H and O–H groups in total. The quantitative estimate of drug-likeness (QED) is 0.832. The second-order valence-electron chi connectivity index (χ2n) is 5.25. The fraction of sp³-hybridized carbons (Fsp3) is 0.375. The molecule has 3 rings (SSSR count). The summed E-state index contributed by atoms with van der Waals surface area (Å²) in [5.74, 6) is 0. The largest absolute Gasteiger partial charge is 0.393 e. The predicted molar refractivity (Wildman–Crippen MR) is 72.5 cm³/mol. The zero-order chi connectivity index (χ0) is 12.6. The third kappa shape index (κ3) is 1.92. The van der Waals surface area contributed by atoms with E-state index in [0.29, 0.717) is 13.0 Å². The predicted octanol–water partition coefficient (Wildman–Crippen LogP) is 3.23. The molecule has 2 unspecified atom stereocenters. The van der Waals surface area contributed by atoms with Crippen molar-refractivity contribution in [3.8, 4) is 0 Å². The van der Waals surface area contributed by atoms with Crippen molar-refractivity contribution in [3.05, 3.63) is 48.0 Å². The minimum Gasteiger partial charge on any atom is -0.393 e. The van der Waals surface area contributed by atoms with E-state index in [-0.39, 0.29) is 11.7 Å². The number of aliphatic hydroxyl groups is 1. The van der Waals surface area contributed by atoms with Gasteiger partial charge in [0, 0.05) is 6.42 Å². The highest BCUT2D eigenvalue weighted by Gasteiger charge is 2.35. The lowest BCUT2D eigenvalue weighted by atomic mass is 9.84. The molecule has 2 nitrogen and oxygen atoms in total. The lowest BCUT2D eigenvalue weighted by Crippen LogP contribution is -2.37. The van der Waals surface area contributed by atoms with Gasteiger partial charge in [-0.15, -0.1) is 0 Å². The number of benzene rings is 2. The Balaban J connectivity index is 2.13. The van der Waals surface area contributed by atoms with E-state index in [2.05, 4.69) is 43.3 Å². The summed E-state index contributed by atoms with van der Waals surface area (Å²) in [6.07, 6.45) is 1.14. The highest BCUT2D eigenvalue weighted by Crippen LogP contribution is 2.38. The maximum absolute atomic E-state index is 9.90. The summed E-state index contributed by atoms with van der Waals surface area (Å²) in [6.45, 7) is 2.71. The van der Waals surface area contributed by atoms with Crippen LogP contribution >= 0.6 is 0 Å². The van der Waals surface area contributed by atoms with Gasteiger partial charge >= 0.3 is 0 Å². The Kier molecular flexibility index (Phi) is 2.84. The lowest BCUT2D eigenvalue weighted by Gasteiger charge is -2.37. The molecule has 2 heteroatoms. The van der Waals surface area contributed by atoms with Crippen molar-refractivity contribution in [1.29, 1.82) is 0 Å². The van der Waals surface area contributed by atoms with E-state index in [1.807, 2.05) is 6.07 Å². The molecule has 1 heterocycles. The van der Waals surface area contributed by atoms with Gasteiger partial charge in [-0.2, -0.15) is 0 Å². The zero-order valence-electron chi connectivity index (χ0n) is 10.6. The van der Waals surface area contributed by atoms with Gasteiger partial charge in [-0.1, -0.05) is 42.5 Å². The summed E-state index contributed by atoms with van der Waals surface area (Å²) in [4.78, 5) is 0. The Hall–Kier alpha value is -1.38. The van der Waals surface area contributed by atoms with Crippen molar-refractivity contribution in [2.45, 2.75) is 31.5 Å². The van der Waals surface area contributed by atoms with Crippen molar-refractivity contribution in [3.63, 3.8) is 0 Å². The highest BCUT2D eigenvalue weighted by molar-refractivity contribution is 5.86. The standard InChI is InChI=1S/C16H18O2/c1-16(11-13(17)9-10-18-16)15-8-4-6-12-5-2-3-7-14(12)15/h2-8,13,17H,9-11H2,1H3. The minimum atomic E-state index is -0.376. The molecule has 1 saturated heterocycles. The van der Waals surface area contributed by atoms with Crippen LogP contribution in [-0.4, -0.2) is 17.8 Å². The van der Waals surface area contributed by atoms with Crippen molar-refractivity contribution >= 4 is 10.8 Å². The molecule has 2 atom stereocenters. The minimum absolute atomic E-state index is 0.261. The van der Waals surface area contributed by atoms with Gasteiger partial charge in [0.25, 0.3) is 0 Å². The normalized spacial score (nSPS) is 28.4. The van der Waals surface area contributed by atoms with Crippen molar-refractivity contribution in [2.75, 3.05) is 6.61 Å². The van der Waals surface area contributed by atoms with Crippen LogP contribution in [0.25, 0.3) is 10.8 Å². The van der Waals surface area contributed by atoms with Gasteiger partial charge < -0.3 is 9.84 Å². The first kappa shape index (κ1) is 11.7. The van der Waals surface area contributed by atoms with Gasteiger partial charge in [-0.05, 0) is 29.7 Å². The van der Waals surface area contributed by atoms with Crippen LogP contribution in [0.5, 0.6) is 0 Å². The third-order valence-corrected chi connectivity index (χ3v) is 3.86. The third-order valence-electron chi connectivity index (χ3n) is 3.86. The molecule has 0 aliphatic carbocycles. The summed E-state index contributed by atoms with van der Waals surface area (Å²) < 4.78 is 5.97. The van der Waals surface area contributed by atoms with Crippen LogP contribution in [0, 0.1) is 0 Å². The smallest absolute Gasteiger partial charge is 0.0933 e. The number of hydrogen-bond acceptors (Lipinski definition) is 2. The number of rotatable bonds is 1. The topological polar surface area (TPSA) is 29.5 Å². The summed E-state index contributed by atoms with van der Waals surface area (Å²) >= 11 is 0. The molecule has 1 fully saturated rings. The summed E-state index contributed by atoms with van der Waals surface area (Å²) in [6, 6.07) is 14.6. The molecule has 94 valence electrons. The fourth-order valence-corrected chi connectivity index (χ4v) is 2.91. The molecule has 1 aliphatic rings. The molecule has 0 saturated carbocycles. The van der Waals surface area contributed by atoms with Crippen LogP contribution in [0.15, 0.2) is 42.5 Å². The van der Waals surface area contributed by atoms with Crippen molar-refractivity contribution in [2.24, 2.45) is 0 Å². The molecule has 18 heavy (non-hydrogen) atoms. The average molecular weight is 242 g/mol. The van der Waals surface area contributed by atoms with E-state index < -0.39 is 0 Å². The van der Waals surface area contributed by atoms with Crippen molar-refractivity contribution < 1.29 is 9.84 Å². The van der Waals surface area contributed by atoms with E-state index in [4.69, 9.17) is 4.74 Å². The van der Waals surface area contributed by atoms with E-state index in [0.717, 1.165) is 6.42 Å². The molecular formula is C16H18O2. The molecule has 2 aromatic rings. The summed E-state index contributed by atoms with van der Waals surface area (Å²) in [7, 11) is 0. The number of ether oxygens (including phenoxy) is 1. The number of fused-ring (bicyclic) bond motifs is 1. The van der Waals surface area contributed by atoms with Gasteiger partial charge in [0.05, 0.1) is 18.3 Å². The molecule has 0 radical (unpaired) electrons. The molecule has 0 amide bonds. The molecule has 0 bridgehead atoms. The SMILES string of the molecule is CC1(c2cccc3ccccc23)CC(O)CCO1. The monoisotopic (exact) mass is 242 g/mol. The Morgan fingerprint density at radius 2 is 1.94 bits per heavy atom. The fourth-order valence-electron chi connectivity index (χ4n) is 2.91. The maximum Gasteiger partial charge on any atom is 0.0933 e. The van der Waals surface area contributed by atoms with Gasteiger partial charge in [0.2, 0.25) is 0 Å². The Morgan fingerprint density at radius 1 is 1.17 bits per heavy atom. The van der Waals surface area contributed by atoms with Crippen LogP contribution in [0.1, 0.15) is 25.3 Å². The van der Waals surface area contributed by atoms with Gasteiger partial charge in [0.15, 0.2) is 0 Å².